The van der Waals surface area contributed by atoms with Gasteiger partial charge in [0, 0.05) is 38.2 Å². The van der Waals surface area contributed by atoms with Gasteiger partial charge >= 0.3 is 0 Å². The zero-order valence-corrected chi connectivity index (χ0v) is 25.7. The van der Waals surface area contributed by atoms with E-state index in [1.807, 2.05) is 72.8 Å². The summed E-state index contributed by atoms with van der Waals surface area (Å²) < 4.78 is 8.43. The van der Waals surface area contributed by atoms with Crippen LogP contribution in [0.4, 0.5) is 0 Å². The van der Waals surface area contributed by atoms with Gasteiger partial charge in [-0.05, 0) is 40.6 Å². The maximum atomic E-state index is 6.20. The Kier molecular flexibility index (Phi) is 5.81. The molecule has 3 heterocycles. The first kappa shape index (κ1) is 26.6. The van der Waals surface area contributed by atoms with E-state index in [0.717, 1.165) is 60.6 Å². The van der Waals surface area contributed by atoms with Crippen molar-refractivity contribution in [2.45, 2.75) is 0 Å². The highest BCUT2D eigenvalue weighted by Gasteiger charge is 2.22. The van der Waals surface area contributed by atoms with E-state index in [0.29, 0.717) is 17.6 Å². The third-order valence-corrected chi connectivity index (χ3v) is 9.25. The maximum Gasteiger partial charge on any atom is 0.238 e. The van der Waals surface area contributed by atoms with E-state index in [9.17, 15) is 0 Å². The summed E-state index contributed by atoms with van der Waals surface area (Å²) in [5.41, 5.74) is 7.88. The van der Waals surface area contributed by atoms with Crippen LogP contribution in [0.2, 0.25) is 0 Å². The highest BCUT2D eigenvalue weighted by molar-refractivity contribution is 6.23. The Balaban J connectivity index is 1.34. The topological polar surface area (TPSA) is 56.7 Å². The second-order valence-corrected chi connectivity index (χ2v) is 12.0. The van der Waals surface area contributed by atoms with E-state index in [1.54, 1.807) is 0 Å². The lowest BCUT2D eigenvalue weighted by Gasteiger charge is -2.13. The molecule has 0 atom stereocenters. The minimum absolute atomic E-state index is 0.570. The Morgan fingerprint density at radius 2 is 1.08 bits per heavy atom. The van der Waals surface area contributed by atoms with Crippen LogP contribution in [0.25, 0.3) is 94.4 Å². The van der Waals surface area contributed by atoms with Crippen LogP contribution in [0.5, 0.6) is 0 Å². The van der Waals surface area contributed by atoms with Crippen LogP contribution in [0.3, 0.4) is 0 Å². The Hall–Kier alpha value is -6.59. The molecule has 0 aliphatic carbocycles. The van der Waals surface area contributed by atoms with Crippen LogP contribution in [0, 0.1) is 0 Å². The highest BCUT2D eigenvalue weighted by atomic mass is 16.3. The van der Waals surface area contributed by atoms with Crippen molar-refractivity contribution in [3.8, 4) is 39.9 Å². The zero-order chi connectivity index (χ0) is 31.6. The molecule has 3 aromatic heterocycles. The Bertz CT molecular complexity index is 2780. The predicted octanol–water partition coefficient (Wildman–Crippen LogP) is 11.0. The summed E-state index contributed by atoms with van der Waals surface area (Å²) >= 11 is 0. The molecule has 224 valence electrons. The molecule has 7 aromatic carbocycles. The number of rotatable bonds is 4. The van der Waals surface area contributed by atoms with E-state index < -0.39 is 0 Å². The van der Waals surface area contributed by atoms with Gasteiger partial charge in [-0.3, -0.25) is 4.57 Å². The number of benzene rings is 7. The average Bonchev–Trinajstić information content (AvgIpc) is 3.71. The van der Waals surface area contributed by atoms with Gasteiger partial charge < -0.3 is 4.42 Å². The molecule has 10 aromatic rings. The molecule has 0 spiro atoms. The molecular formula is C43H26N4O. The fraction of sp³-hybridized carbons (Fsp3) is 0. The maximum absolute atomic E-state index is 6.20. The van der Waals surface area contributed by atoms with Crippen molar-refractivity contribution in [3.05, 3.63) is 158 Å². The quantitative estimate of drug-likeness (QED) is 0.198. The molecule has 5 nitrogen and oxygen atoms in total. The van der Waals surface area contributed by atoms with Gasteiger partial charge in [0.15, 0.2) is 11.6 Å². The van der Waals surface area contributed by atoms with Crippen LogP contribution < -0.4 is 0 Å². The van der Waals surface area contributed by atoms with E-state index >= 15 is 0 Å². The second kappa shape index (κ2) is 10.5. The normalized spacial score (nSPS) is 11.8. The molecule has 48 heavy (non-hydrogen) atoms. The van der Waals surface area contributed by atoms with Gasteiger partial charge in [-0.25, -0.2) is 4.98 Å². The summed E-state index contributed by atoms with van der Waals surface area (Å²) in [5, 5.41) is 6.87. The number of hydrogen-bond acceptors (Lipinski definition) is 4. The van der Waals surface area contributed by atoms with Crippen molar-refractivity contribution >= 4 is 54.5 Å². The average molecular weight is 615 g/mol. The minimum Gasteiger partial charge on any atom is -0.456 e. The van der Waals surface area contributed by atoms with Crippen LogP contribution in [0.15, 0.2) is 162 Å². The van der Waals surface area contributed by atoms with E-state index in [2.05, 4.69) is 89.5 Å². The molecule has 0 N–H and O–H groups in total. The molecule has 5 heteroatoms. The van der Waals surface area contributed by atoms with Crippen molar-refractivity contribution in [1.82, 2.24) is 19.5 Å². The van der Waals surface area contributed by atoms with Gasteiger partial charge in [0.2, 0.25) is 5.95 Å². The summed E-state index contributed by atoms with van der Waals surface area (Å²) in [6.45, 7) is 0. The van der Waals surface area contributed by atoms with E-state index in [1.165, 1.54) is 16.2 Å². The van der Waals surface area contributed by atoms with Crippen molar-refractivity contribution in [2.24, 2.45) is 0 Å². The molecule has 0 saturated heterocycles. The molecule has 0 saturated carbocycles. The largest absolute Gasteiger partial charge is 0.456 e. The number of para-hydroxylation sites is 2. The molecule has 0 amide bonds. The molecule has 0 unspecified atom stereocenters. The van der Waals surface area contributed by atoms with Crippen LogP contribution in [0.1, 0.15) is 0 Å². The van der Waals surface area contributed by atoms with Crippen molar-refractivity contribution < 1.29 is 4.42 Å². The van der Waals surface area contributed by atoms with Gasteiger partial charge in [-0.1, -0.05) is 133 Å². The number of furan rings is 1. The van der Waals surface area contributed by atoms with Gasteiger partial charge in [-0.2, -0.15) is 9.97 Å². The minimum atomic E-state index is 0.570. The van der Waals surface area contributed by atoms with Gasteiger partial charge in [0.25, 0.3) is 0 Å². The van der Waals surface area contributed by atoms with E-state index in [-0.39, 0.29) is 0 Å². The van der Waals surface area contributed by atoms with E-state index in [4.69, 9.17) is 19.4 Å². The Labute approximate surface area is 275 Å². The number of nitrogens with zero attached hydrogens (tertiary/aromatic N) is 4. The molecule has 0 bridgehead atoms. The molecule has 10 rings (SSSR count). The Morgan fingerprint density at radius 3 is 1.85 bits per heavy atom. The number of aromatic nitrogens is 4. The number of fused-ring (bicyclic) bond motifs is 8. The highest BCUT2D eigenvalue weighted by Crippen LogP contribution is 2.42. The standard InChI is InChI=1S/C43H26N4O/c1-3-13-28(14-4-1)41-44-42(29-15-5-2-6-16-29)46-43(45-41)47-36-24-22-27-12-7-8-17-31(27)39(36)34-20-11-19-32(40(34)47)30-23-25-38-35(26-30)33-18-9-10-21-37(33)48-38/h1-26H. The summed E-state index contributed by atoms with van der Waals surface area (Å²) in [4.78, 5) is 15.4. The lowest BCUT2D eigenvalue weighted by atomic mass is 9.98. The second-order valence-electron chi connectivity index (χ2n) is 12.0. The van der Waals surface area contributed by atoms with Crippen LogP contribution >= 0.6 is 0 Å². The zero-order valence-electron chi connectivity index (χ0n) is 25.7. The summed E-state index contributed by atoms with van der Waals surface area (Å²) in [7, 11) is 0. The molecular weight excluding hydrogens is 589 g/mol. The molecule has 0 aliphatic rings. The lowest BCUT2D eigenvalue weighted by molar-refractivity contribution is 0.669. The first-order chi connectivity index (χ1) is 23.8. The Morgan fingerprint density at radius 1 is 0.438 bits per heavy atom. The smallest absolute Gasteiger partial charge is 0.238 e. The summed E-state index contributed by atoms with van der Waals surface area (Å²) in [6, 6.07) is 54.5. The molecule has 0 aliphatic heterocycles. The van der Waals surface area contributed by atoms with Crippen molar-refractivity contribution in [3.63, 3.8) is 0 Å². The first-order valence-electron chi connectivity index (χ1n) is 16.0. The fourth-order valence-corrected chi connectivity index (χ4v) is 7.07. The summed E-state index contributed by atoms with van der Waals surface area (Å²) in [5.74, 6) is 1.82. The third-order valence-electron chi connectivity index (χ3n) is 9.25. The van der Waals surface area contributed by atoms with Gasteiger partial charge in [-0.15, -0.1) is 0 Å². The number of hydrogen-bond donors (Lipinski definition) is 0. The van der Waals surface area contributed by atoms with Gasteiger partial charge in [0.05, 0.1) is 11.0 Å². The first-order valence-corrected chi connectivity index (χ1v) is 16.0. The van der Waals surface area contributed by atoms with Crippen LogP contribution in [-0.2, 0) is 0 Å². The van der Waals surface area contributed by atoms with Gasteiger partial charge in [0.1, 0.15) is 11.2 Å². The third kappa shape index (κ3) is 4.08. The van der Waals surface area contributed by atoms with Crippen molar-refractivity contribution in [1.29, 1.82) is 0 Å². The summed E-state index contributed by atoms with van der Waals surface area (Å²) in [6.07, 6.45) is 0. The predicted molar refractivity (Wildman–Crippen MR) is 195 cm³/mol. The fourth-order valence-electron chi connectivity index (χ4n) is 7.07. The molecule has 0 radical (unpaired) electrons. The lowest BCUT2D eigenvalue weighted by Crippen LogP contribution is -2.07. The SMILES string of the molecule is c1ccc(-c2nc(-c3ccccc3)nc(-n3c4ccc5ccccc5c4c4cccc(-c5ccc6oc7ccccc7c6c5)c43)n2)cc1. The van der Waals surface area contributed by atoms with Crippen LogP contribution in [-0.4, -0.2) is 19.5 Å². The van der Waals surface area contributed by atoms with Crippen molar-refractivity contribution in [2.75, 3.05) is 0 Å². The molecule has 0 fully saturated rings. The monoisotopic (exact) mass is 614 g/mol.